The molecule has 0 spiro atoms. The SMILES string of the molecule is CC[C@H](C(=O)NC1CCCC1)N(Cc1ccccc1)C(=O)COc1ccc(Cl)cc1Cl. The molecule has 1 N–H and O–H groups in total. The first-order valence-corrected chi connectivity index (χ1v) is 11.4. The fourth-order valence-electron chi connectivity index (χ4n) is 3.88. The van der Waals surface area contributed by atoms with E-state index in [1.54, 1.807) is 23.1 Å². The molecule has 0 heterocycles. The van der Waals surface area contributed by atoms with Crippen LogP contribution in [0.15, 0.2) is 48.5 Å². The third-order valence-electron chi connectivity index (χ3n) is 5.53. The Balaban J connectivity index is 1.74. The number of ether oxygens (including phenoxy) is 1. The van der Waals surface area contributed by atoms with E-state index in [4.69, 9.17) is 27.9 Å². The molecule has 1 aliphatic carbocycles. The van der Waals surface area contributed by atoms with Crippen molar-refractivity contribution in [3.8, 4) is 5.75 Å². The first kappa shape index (κ1) is 23.4. The van der Waals surface area contributed by atoms with E-state index in [0.29, 0.717) is 28.8 Å². The standard InChI is InChI=1S/C24H28Cl2N2O3/c1-2-21(24(30)27-19-10-6-7-11-19)28(15-17-8-4-3-5-9-17)23(29)16-31-22-13-12-18(25)14-20(22)26/h3-5,8-9,12-14,19,21H,2,6-7,10-11,15-16H2,1H3,(H,27,30)/t21-/m1/s1. The molecule has 0 aromatic heterocycles. The van der Waals surface area contributed by atoms with Gasteiger partial charge in [0.1, 0.15) is 11.8 Å². The van der Waals surface area contributed by atoms with E-state index < -0.39 is 6.04 Å². The number of rotatable bonds is 9. The maximum atomic E-state index is 13.2. The molecule has 1 fully saturated rings. The fraction of sp³-hybridized carbons (Fsp3) is 0.417. The fourth-order valence-corrected chi connectivity index (χ4v) is 4.34. The minimum atomic E-state index is -0.572. The highest BCUT2D eigenvalue weighted by Gasteiger charge is 2.30. The van der Waals surface area contributed by atoms with Crippen LogP contribution in [-0.2, 0) is 16.1 Å². The Labute approximate surface area is 193 Å². The second-order valence-corrected chi connectivity index (χ2v) is 8.63. The first-order chi connectivity index (χ1) is 15.0. The molecule has 1 atom stereocenters. The summed E-state index contributed by atoms with van der Waals surface area (Å²) in [6.07, 6.45) is 4.76. The van der Waals surface area contributed by atoms with Gasteiger partial charge in [0.15, 0.2) is 6.61 Å². The number of hydrogen-bond donors (Lipinski definition) is 1. The minimum Gasteiger partial charge on any atom is -0.482 e. The summed E-state index contributed by atoms with van der Waals surface area (Å²) in [4.78, 5) is 27.8. The molecule has 0 bridgehead atoms. The predicted molar refractivity (Wildman–Crippen MR) is 123 cm³/mol. The number of halogens is 2. The Morgan fingerprint density at radius 3 is 2.48 bits per heavy atom. The Morgan fingerprint density at radius 2 is 1.84 bits per heavy atom. The Kier molecular flexibility index (Phi) is 8.61. The molecule has 2 amide bonds. The third-order valence-corrected chi connectivity index (χ3v) is 6.06. The minimum absolute atomic E-state index is 0.108. The molecule has 5 nitrogen and oxygen atoms in total. The van der Waals surface area contributed by atoms with Gasteiger partial charge >= 0.3 is 0 Å². The van der Waals surface area contributed by atoms with Crippen LogP contribution >= 0.6 is 23.2 Å². The number of hydrogen-bond acceptors (Lipinski definition) is 3. The van der Waals surface area contributed by atoms with Crippen LogP contribution in [0.5, 0.6) is 5.75 Å². The van der Waals surface area contributed by atoms with Gasteiger partial charge in [-0.1, -0.05) is 73.3 Å². The van der Waals surface area contributed by atoms with Crippen molar-refractivity contribution in [2.75, 3.05) is 6.61 Å². The second kappa shape index (κ2) is 11.4. The van der Waals surface area contributed by atoms with Crippen LogP contribution in [0.2, 0.25) is 10.0 Å². The van der Waals surface area contributed by atoms with Gasteiger partial charge < -0.3 is 15.0 Å². The van der Waals surface area contributed by atoms with Gasteiger partial charge in [-0.3, -0.25) is 9.59 Å². The molecule has 7 heteroatoms. The summed E-state index contributed by atoms with van der Waals surface area (Å²) in [5.74, 6) is -0.00553. The number of nitrogens with zero attached hydrogens (tertiary/aromatic N) is 1. The van der Waals surface area contributed by atoms with E-state index in [9.17, 15) is 9.59 Å². The van der Waals surface area contributed by atoms with Crippen LogP contribution in [0, 0.1) is 0 Å². The average Bonchev–Trinajstić information content (AvgIpc) is 3.26. The van der Waals surface area contributed by atoms with Crippen molar-refractivity contribution >= 4 is 35.0 Å². The normalized spacial score (nSPS) is 14.8. The molecular weight excluding hydrogens is 435 g/mol. The maximum Gasteiger partial charge on any atom is 0.261 e. The van der Waals surface area contributed by atoms with Gasteiger partial charge in [-0.05, 0) is 43.0 Å². The predicted octanol–water partition coefficient (Wildman–Crippen LogP) is 5.24. The van der Waals surface area contributed by atoms with E-state index >= 15 is 0 Å². The van der Waals surface area contributed by atoms with Gasteiger partial charge in [0.25, 0.3) is 5.91 Å². The molecule has 0 saturated heterocycles. The number of amides is 2. The lowest BCUT2D eigenvalue weighted by Crippen LogP contribution is -2.52. The van der Waals surface area contributed by atoms with E-state index in [-0.39, 0.29) is 24.5 Å². The van der Waals surface area contributed by atoms with Gasteiger partial charge in [0.2, 0.25) is 5.91 Å². The Bertz CT molecular complexity index is 886. The number of carbonyl (C=O) groups is 2. The van der Waals surface area contributed by atoms with Crippen molar-refractivity contribution in [3.05, 3.63) is 64.1 Å². The molecule has 2 aromatic carbocycles. The summed E-state index contributed by atoms with van der Waals surface area (Å²) < 4.78 is 5.67. The molecular formula is C24H28Cl2N2O3. The molecule has 166 valence electrons. The van der Waals surface area contributed by atoms with Crippen LogP contribution in [0.1, 0.15) is 44.6 Å². The van der Waals surface area contributed by atoms with E-state index in [1.807, 2.05) is 37.3 Å². The highest BCUT2D eigenvalue weighted by molar-refractivity contribution is 6.35. The van der Waals surface area contributed by atoms with Crippen molar-refractivity contribution in [1.82, 2.24) is 10.2 Å². The summed E-state index contributed by atoms with van der Waals surface area (Å²) in [6, 6.07) is 14.1. The van der Waals surface area contributed by atoms with Crippen LogP contribution in [0.4, 0.5) is 0 Å². The van der Waals surface area contributed by atoms with E-state index in [2.05, 4.69) is 5.32 Å². The molecule has 2 aromatic rings. The van der Waals surface area contributed by atoms with Crippen LogP contribution in [0.3, 0.4) is 0 Å². The van der Waals surface area contributed by atoms with Crippen molar-refractivity contribution in [1.29, 1.82) is 0 Å². The first-order valence-electron chi connectivity index (χ1n) is 10.7. The third kappa shape index (κ3) is 6.62. The number of benzene rings is 2. The lowest BCUT2D eigenvalue weighted by molar-refractivity contribution is -0.143. The van der Waals surface area contributed by atoms with Crippen molar-refractivity contribution in [2.24, 2.45) is 0 Å². The van der Waals surface area contributed by atoms with Crippen molar-refractivity contribution in [3.63, 3.8) is 0 Å². The monoisotopic (exact) mass is 462 g/mol. The zero-order valence-electron chi connectivity index (χ0n) is 17.7. The lowest BCUT2D eigenvalue weighted by Gasteiger charge is -2.31. The maximum absolute atomic E-state index is 13.2. The zero-order chi connectivity index (χ0) is 22.2. The largest absolute Gasteiger partial charge is 0.482 e. The molecule has 31 heavy (non-hydrogen) atoms. The Hall–Kier alpha value is -2.24. The molecule has 1 aliphatic rings. The van der Waals surface area contributed by atoms with Crippen LogP contribution in [-0.4, -0.2) is 35.4 Å². The van der Waals surface area contributed by atoms with E-state index in [1.165, 1.54) is 0 Å². The summed E-state index contributed by atoms with van der Waals surface area (Å²) in [6.45, 7) is 2.02. The van der Waals surface area contributed by atoms with Crippen LogP contribution < -0.4 is 10.1 Å². The highest BCUT2D eigenvalue weighted by atomic mass is 35.5. The number of carbonyl (C=O) groups excluding carboxylic acids is 2. The van der Waals surface area contributed by atoms with Gasteiger partial charge in [-0.2, -0.15) is 0 Å². The van der Waals surface area contributed by atoms with Crippen molar-refractivity contribution in [2.45, 2.75) is 57.7 Å². The van der Waals surface area contributed by atoms with Gasteiger partial charge in [0, 0.05) is 17.6 Å². The van der Waals surface area contributed by atoms with Gasteiger partial charge in [0.05, 0.1) is 5.02 Å². The second-order valence-electron chi connectivity index (χ2n) is 7.78. The molecule has 0 aliphatic heterocycles. The summed E-state index contributed by atoms with van der Waals surface area (Å²) in [7, 11) is 0. The highest BCUT2D eigenvalue weighted by Crippen LogP contribution is 2.27. The average molecular weight is 463 g/mol. The summed E-state index contributed by atoms with van der Waals surface area (Å²) in [5.41, 5.74) is 0.951. The van der Waals surface area contributed by atoms with E-state index in [0.717, 1.165) is 31.2 Å². The summed E-state index contributed by atoms with van der Waals surface area (Å²) in [5, 5.41) is 3.95. The Morgan fingerprint density at radius 1 is 1.13 bits per heavy atom. The van der Waals surface area contributed by atoms with Crippen molar-refractivity contribution < 1.29 is 14.3 Å². The smallest absolute Gasteiger partial charge is 0.261 e. The molecule has 0 radical (unpaired) electrons. The molecule has 3 rings (SSSR count). The molecule has 0 unspecified atom stereocenters. The molecule has 1 saturated carbocycles. The lowest BCUT2D eigenvalue weighted by atomic mass is 10.1. The topological polar surface area (TPSA) is 58.6 Å². The van der Waals surface area contributed by atoms with Gasteiger partial charge in [-0.25, -0.2) is 0 Å². The van der Waals surface area contributed by atoms with Gasteiger partial charge in [-0.15, -0.1) is 0 Å². The van der Waals surface area contributed by atoms with Crippen LogP contribution in [0.25, 0.3) is 0 Å². The quantitative estimate of drug-likeness (QED) is 0.554. The number of nitrogens with one attached hydrogen (secondary N) is 1. The zero-order valence-corrected chi connectivity index (χ0v) is 19.2. The summed E-state index contributed by atoms with van der Waals surface area (Å²) >= 11 is 12.1.